The lowest BCUT2D eigenvalue weighted by Crippen LogP contribution is -2.58. The number of carboxylic acid groups (broad SMARTS) is 1. The van der Waals surface area contributed by atoms with Crippen LogP contribution < -0.4 is 21.3 Å². The second-order valence-electron chi connectivity index (χ2n) is 12.7. The highest BCUT2D eigenvalue weighted by Gasteiger charge is 2.39. The molecule has 5 atom stereocenters. The zero-order valence-corrected chi connectivity index (χ0v) is 30.9. The highest BCUT2D eigenvalue weighted by molar-refractivity contribution is 7.91. The van der Waals surface area contributed by atoms with E-state index in [0.717, 1.165) is 21.8 Å². The number of benzene rings is 2. The summed E-state index contributed by atoms with van der Waals surface area (Å²) in [5, 5.41) is 33.6. The van der Waals surface area contributed by atoms with Gasteiger partial charge >= 0.3 is 12.1 Å². The minimum absolute atomic E-state index is 0.110. The fourth-order valence-electron chi connectivity index (χ4n) is 5.23. The van der Waals surface area contributed by atoms with E-state index in [1.807, 2.05) is 51.1 Å². The first-order valence-corrected chi connectivity index (χ1v) is 18.9. The first-order chi connectivity index (χ1) is 24.2. The molecule has 15 nitrogen and oxygen atoms in total. The van der Waals surface area contributed by atoms with E-state index in [1.165, 1.54) is 36.7 Å². The molecule has 3 rings (SSSR count). The Morgan fingerprint density at radius 1 is 0.980 bits per heavy atom. The predicted octanol–water partition coefficient (Wildman–Crippen LogP) is 4.36. The number of nitrogens with zero attached hydrogens (tertiary/aromatic N) is 3. The third-order valence-electron chi connectivity index (χ3n) is 8.22. The smallest absolute Gasteiger partial charge is 0.410 e. The summed E-state index contributed by atoms with van der Waals surface area (Å²) in [4.78, 5) is 54.7. The van der Waals surface area contributed by atoms with E-state index in [9.17, 15) is 32.8 Å². The molecule has 3 aromatic rings. The number of hydrogen-bond donors (Lipinski definition) is 6. The Kier molecular flexibility index (Phi) is 15.5. The number of carbonyl (C=O) groups is 3. The van der Waals surface area contributed by atoms with Crippen molar-refractivity contribution in [1.29, 1.82) is 0 Å². The molecule has 0 saturated carbocycles. The first kappa shape index (κ1) is 41.0. The van der Waals surface area contributed by atoms with E-state index in [2.05, 4.69) is 31.4 Å². The molecule has 0 aliphatic carbocycles. The van der Waals surface area contributed by atoms with E-state index < -0.39 is 57.3 Å². The van der Waals surface area contributed by atoms with Crippen LogP contribution in [-0.4, -0.2) is 84.9 Å². The van der Waals surface area contributed by atoms with Crippen LogP contribution in [0.5, 0.6) is 0 Å². The number of hydrogen-bond acceptors (Lipinski definition) is 11. The summed E-state index contributed by atoms with van der Waals surface area (Å²) >= 11 is 0.834. The second-order valence-corrected chi connectivity index (χ2v) is 15.6. The number of urea groups is 1. The van der Waals surface area contributed by atoms with Gasteiger partial charge in [-0.3, -0.25) is 10.1 Å². The van der Waals surface area contributed by atoms with Crippen LogP contribution in [0.25, 0.3) is 0 Å². The summed E-state index contributed by atoms with van der Waals surface area (Å²) in [6, 6.07) is 12.0. The largest absolute Gasteiger partial charge is 0.465 e. The van der Waals surface area contributed by atoms with Crippen LogP contribution in [0.3, 0.4) is 0 Å². The van der Waals surface area contributed by atoms with Gasteiger partial charge in [-0.1, -0.05) is 81.8 Å². The van der Waals surface area contributed by atoms with E-state index in [-0.39, 0.29) is 28.8 Å². The van der Waals surface area contributed by atoms with Gasteiger partial charge in [0.05, 0.1) is 22.7 Å². The second kappa shape index (κ2) is 19.2. The van der Waals surface area contributed by atoms with E-state index in [4.69, 9.17) is 5.11 Å². The summed E-state index contributed by atoms with van der Waals surface area (Å²) in [5.74, 6) is -0.622. The van der Waals surface area contributed by atoms with Crippen LogP contribution in [0.15, 0.2) is 70.0 Å². The van der Waals surface area contributed by atoms with Gasteiger partial charge in [0.15, 0.2) is 10.5 Å². The highest BCUT2D eigenvalue weighted by Crippen LogP contribution is 2.34. The van der Waals surface area contributed by atoms with Crippen LogP contribution in [-0.2, 0) is 27.6 Å². The lowest BCUT2D eigenvalue weighted by atomic mass is 9.96. The molecule has 6 N–H and O–H groups in total. The fourth-order valence-corrected chi connectivity index (χ4v) is 7.76. The van der Waals surface area contributed by atoms with Gasteiger partial charge in [0.2, 0.25) is 15.7 Å². The van der Waals surface area contributed by atoms with Crippen molar-refractivity contribution in [3.05, 3.63) is 81.7 Å². The molecule has 1 unspecified atom stereocenters. The van der Waals surface area contributed by atoms with Crippen molar-refractivity contribution in [2.45, 2.75) is 75.5 Å². The van der Waals surface area contributed by atoms with Gasteiger partial charge in [0, 0.05) is 19.0 Å². The quantitative estimate of drug-likeness (QED) is 0.0953. The zero-order chi connectivity index (χ0) is 37.7. The van der Waals surface area contributed by atoms with Crippen LogP contribution in [0, 0.1) is 16.7 Å². The minimum atomic E-state index is -4.42. The van der Waals surface area contributed by atoms with E-state index >= 15 is 0 Å². The van der Waals surface area contributed by atoms with E-state index in [1.54, 1.807) is 6.92 Å². The van der Waals surface area contributed by atoms with Crippen molar-refractivity contribution >= 4 is 44.3 Å². The molecule has 1 heterocycles. The normalized spacial score (nSPS) is 14.5. The van der Waals surface area contributed by atoms with Crippen molar-refractivity contribution in [3.63, 3.8) is 0 Å². The van der Waals surface area contributed by atoms with Crippen molar-refractivity contribution in [2.24, 2.45) is 17.0 Å². The number of carbonyl (C=O) groups excluding carboxylic acids is 2. The summed E-state index contributed by atoms with van der Waals surface area (Å²) < 4.78 is 28.2. The average molecular weight is 746 g/mol. The van der Waals surface area contributed by atoms with Crippen LogP contribution in [0.2, 0.25) is 0 Å². The number of aliphatic hydroxyl groups is 1. The average Bonchev–Trinajstić information content (AvgIpc) is 3.53. The Hall–Kier alpha value is -4.45. The van der Waals surface area contributed by atoms with Crippen LogP contribution in [0.4, 0.5) is 14.7 Å². The SMILES string of the molecule is CC[C@H](C)[C@H](NC(=O)N(C)C(c1csc(NC(=O)O)n1)S(=O)(=O)c1ccc(CN=O)cc1)C(=O)N[C@@H](Cc1ccccc1)[C@H](O)CNCC(C)C. The number of anilines is 1. The monoisotopic (exact) mass is 745 g/mol. The van der Waals surface area contributed by atoms with Crippen molar-refractivity contribution in [1.82, 2.24) is 25.8 Å². The molecule has 0 aliphatic heterocycles. The molecular weight excluding hydrogens is 699 g/mol. The third kappa shape index (κ3) is 11.8. The standard InChI is InChI=1S/C34H47N7O8S2/c1-6-22(4)29(30(43)37-26(16-23-10-8-7-9-11-23)28(42)19-35-17-21(2)3)39-33(44)41(5)31(27-20-50-32(38-27)40-34(45)46)51(48,49)25-14-12-24(13-15-25)18-36-47/h7-15,20-22,26,28-29,31,35,42H,6,16-19H2,1-5H3,(H,37,43)(H,38,40)(H,39,44)(H,45,46)/t22-,26-,28+,29-,31?/m0/s1. The van der Waals surface area contributed by atoms with Gasteiger partial charge in [-0.15, -0.1) is 11.3 Å². The van der Waals surface area contributed by atoms with Crippen molar-refractivity contribution in [3.8, 4) is 0 Å². The Labute approximate surface area is 302 Å². The number of thiazole rings is 1. The minimum Gasteiger partial charge on any atom is -0.465 e. The maximum atomic E-state index is 14.1. The molecule has 1 aromatic heterocycles. The zero-order valence-electron chi connectivity index (χ0n) is 29.3. The molecule has 4 amide bonds. The van der Waals surface area contributed by atoms with Gasteiger partial charge < -0.3 is 31.1 Å². The molecular formula is C34H47N7O8S2. The number of aliphatic hydroxyl groups excluding tert-OH is 1. The molecule has 0 bridgehead atoms. The van der Waals surface area contributed by atoms with Gasteiger partial charge in [0.25, 0.3) is 0 Å². The number of sulfone groups is 1. The molecule has 278 valence electrons. The fraction of sp³-hybridized carbons (Fsp3) is 0.471. The summed E-state index contributed by atoms with van der Waals surface area (Å²) in [7, 11) is -3.19. The van der Waals surface area contributed by atoms with Gasteiger partial charge in [-0.05, 0) is 48.1 Å². The molecule has 2 aromatic carbocycles. The summed E-state index contributed by atoms with van der Waals surface area (Å²) in [6.45, 7) is 8.41. The maximum Gasteiger partial charge on any atom is 0.410 e. The van der Waals surface area contributed by atoms with Crippen LogP contribution >= 0.6 is 11.3 Å². The number of amides is 4. The number of nitroso groups, excluding NO2 is 1. The van der Waals surface area contributed by atoms with E-state index in [0.29, 0.717) is 30.9 Å². The predicted molar refractivity (Wildman–Crippen MR) is 195 cm³/mol. The van der Waals surface area contributed by atoms with Gasteiger partial charge in [0.1, 0.15) is 12.6 Å². The third-order valence-corrected chi connectivity index (χ3v) is 11.1. The number of nitrogens with one attached hydrogen (secondary N) is 4. The number of rotatable bonds is 19. The Balaban J connectivity index is 1.93. The lowest BCUT2D eigenvalue weighted by Gasteiger charge is -2.32. The van der Waals surface area contributed by atoms with Gasteiger partial charge in [-0.2, -0.15) is 4.91 Å². The molecule has 0 radical (unpaired) electrons. The lowest BCUT2D eigenvalue weighted by molar-refractivity contribution is -0.125. The molecule has 0 aliphatic rings. The van der Waals surface area contributed by atoms with Crippen molar-refractivity contribution in [2.75, 3.05) is 25.5 Å². The van der Waals surface area contributed by atoms with Gasteiger partial charge in [-0.25, -0.2) is 23.0 Å². The maximum absolute atomic E-state index is 14.1. The van der Waals surface area contributed by atoms with Crippen molar-refractivity contribution < 1.29 is 33.0 Å². The molecule has 51 heavy (non-hydrogen) atoms. The first-order valence-electron chi connectivity index (χ1n) is 16.5. The molecule has 0 spiro atoms. The molecule has 0 fully saturated rings. The Bertz CT molecular complexity index is 1700. The molecule has 17 heteroatoms. The molecule has 0 saturated heterocycles. The highest BCUT2D eigenvalue weighted by atomic mass is 32.2. The Morgan fingerprint density at radius 3 is 2.24 bits per heavy atom. The topological polar surface area (TPSA) is 219 Å². The summed E-state index contributed by atoms with van der Waals surface area (Å²) in [5.41, 5.74) is 1.23. The van der Waals surface area contributed by atoms with Crippen LogP contribution in [0.1, 0.15) is 56.3 Å². The Morgan fingerprint density at radius 2 is 1.65 bits per heavy atom. The number of aromatic nitrogens is 1. The summed E-state index contributed by atoms with van der Waals surface area (Å²) in [6.07, 6.45) is -1.58.